The number of β-amino-alcohol motifs (C(OH)–C–C–N with tert-alkyl or cyclic N) is 1. The minimum absolute atomic E-state index is 0.0133. The number of carbonyl (C=O) groups excluding carboxylic acids is 1. The zero-order chi connectivity index (χ0) is 23.2. The summed E-state index contributed by atoms with van der Waals surface area (Å²) in [5, 5.41) is 17.0. The summed E-state index contributed by atoms with van der Waals surface area (Å²) in [4.78, 5) is 45.6. The minimum atomic E-state index is -0.810. The van der Waals surface area contributed by atoms with Crippen molar-refractivity contribution in [3.05, 3.63) is 42.5 Å². The Morgan fingerprint density at radius 1 is 1.35 bits per heavy atom. The summed E-state index contributed by atoms with van der Waals surface area (Å²) in [6.45, 7) is 7.06. The highest BCUT2D eigenvalue weighted by molar-refractivity contribution is 7.19. The van der Waals surface area contributed by atoms with Crippen molar-refractivity contribution in [2.45, 2.75) is 46.3 Å². The summed E-state index contributed by atoms with van der Waals surface area (Å²) in [6.07, 6.45) is -0.591. The van der Waals surface area contributed by atoms with E-state index < -0.39 is 23.3 Å². The Labute approximate surface area is 182 Å². The number of hydroxylamine groups is 2. The highest BCUT2D eigenvalue weighted by Crippen LogP contribution is 2.33. The molecule has 2 aromatic heterocycles. The van der Waals surface area contributed by atoms with Crippen LogP contribution >= 0.6 is 11.3 Å². The molecule has 0 saturated carbocycles. The summed E-state index contributed by atoms with van der Waals surface area (Å²) < 4.78 is 2.50. The number of nitrogens with zero attached hydrogens (tertiary/aromatic N) is 3. The fraction of sp³-hybridized carbons (Fsp3) is 0.500. The maximum absolute atomic E-state index is 13.4. The Bertz CT molecular complexity index is 1220. The van der Waals surface area contributed by atoms with Gasteiger partial charge < -0.3 is 10.8 Å². The number of aliphatic hydroxyl groups is 1. The van der Waals surface area contributed by atoms with E-state index in [0.717, 1.165) is 9.63 Å². The molecule has 2 aromatic rings. The molecule has 3 rings (SSSR count). The SMILES string of the molecule is CC(=[NH2+])C(Cc1sc2c(c1C(=O)N1CC(O)CO1)c(=O)n(C)c(=O)n2C(C)C)=C(C)N. The highest BCUT2D eigenvalue weighted by Gasteiger charge is 2.33. The molecule has 0 spiro atoms. The highest BCUT2D eigenvalue weighted by atomic mass is 32.1. The number of carbonyl (C=O) groups is 1. The normalized spacial score (nSPS) is 17.5. The third-order valence-electron chi connectivity index (χ3n) is 5.24. The number of hydrogen-bond donors (Lipinski definition) is 3. The average Bonchev–Trinajstić information content (AvgIpc) is 3.27. The van der Waals surface area contributed by atoms with Gasteiger partial charge in [-0.25, -0.2) is 9.86 Å². The molecule has 0 aromatic carbocycles. The van der Waals surface area contributed by atoms with Crippen molar-refractivity contribution in [2.75, 3.05) is 13.2 Å². The first-order valence-electron chi connectivity index (χ1n) is 9.90. The quantitative estimate of drug-likeness (QED) is 0.503. The van der Waals surface area contributed by atoms with Gasteiger partial charge in [0.2, 0.25) is 0 Å². The van der Waals surface area contributed by atoms with Gasteiger partial charge in [0.15, 0.2) is 5.71 Å². The summed E-state index contributed by atoms with van der Waals surface area (Å²) >= 11 is 1.19. The summed E-state index contributed by atoms with van der Waals surface area (Å²) in [5.74, 6) is -0.549. The van der Waals surface area contributed by atoms with Crippen LogP contribution in [0.2, 0.25) is 0 Å². The van der Waals surface area contributed by atoms with Crippen LogP contribution in [0.4, 0.5) is 0 Å². The van der Waals surface area contributed by atoms with Gasteiger partial charge in [-0.1, -0.05) is 0 Å². The van der Waals surface area contributed by atoms with Crippen LogP contribution < -0.4 is 22.4 Å². The lowest BCUT2D eigenvalue weighted by Gasteiger charge is -2.16. The average molecular weight is 451 g/mol. The van der Waals surface area contributed by atoms with Gasteiger partial charge in [0.25, 0.3) is 11.5 Å². The molecule has 1 unspecified atom stereocenters. The van der Waals surface area contributed by atoms with E-state index in [9.17, 15) is 19.5 Å². The van der Waals surface area contributed by atoms with Crippen LogP contribution in [0.3, 0.4) is 0 Å². The first kappa shape index (κ1) is 22.9. The van der Waals surface area contributed by atoms with Gasteiger partial charge in [0, 0.05) is 42.6 Å². The molecule has 0 aliphatic carbocycles. The maximum Gasteiger partial charge on any atom is 0.332 e. The van der Waals surface area contributed by atoms with Crippen molar-refractivity contribution in [1.29, 1.82) is 0 Å². The Hall–Kier alpha value is -2.76. The standard InChI is InChI=1S/C20H27N5O5S/c1-9(2)25-19-16(17(27)23(5)20(25)29)15(18(28)24-7-12(26)8-30-24)14(31-19)6-13(10(3)21)11(4)22/h9,12,21,26H,6-8,22H2,1-5H3/p+1. The van der Waals surface area contributed by atoms with E-state index in [1.807, 2.05) is 13.8 Å². The van der Waals surface area contributed by atoms with E-state index in [0.29, 0.717) is 26.7 Å². The van der Waals surface area contributed by atoms with Crippen molar-refractivity contribution in [2.24, 2.45) is 12.8 Å². The molecule has 11 heteroatoms. The van der Waals surface area contributed by atoms with Gasteiger partial charge in [-0.05, 0) is 20.8 Å². The summed E-state index contributed by atoms with van der Waals surface area (Å²) in [6, 6.07) is -0.241. The van der Waals surface area contributed by atoms with Crippen LogP contribution in [-0.2, 0) is 18.3 Å². The lowest BCUT2D eigenvalue weighted by atomic mass is 10.0. The van der Waals surface area contributed by atoms with E-state index in [-0.39, 0.29) is 36.6 Å². The molecule has 1 atom stereocenters. The zero-order valence-electron chi connectivity index (χ0n) is 18.3. The predicted molar refractivity (Wildman–Crippen MR) is 118 cm³/mol. The lowest BCUT2D eigenvalue weighted by Crippen LogP contribution is -2.40. The maximum atomic E-state index is 13.4. The van der Waals surface area contributed by atoms with E-state index in [4.69, 9.17) is 16.0 Å². The molecule has 3 heterocycles. The summed E-state index contributed by atoms with van der Waals surface area (Å²) in [7, 11) is 1.39. The molecule has 10 nitrogen and oxygen atoms in total. The Morgan fingerprint density at radius 2 is 2.00 bits per heavy atom. The molecular weight excluding hydrogens is 422 g/mol. The second-order valence-electron chi connectivity index (χ2n) is 8.03. The molecule has 1 aliphatic heterocycles. The number of nitrogens with two attached hydrogens (primary N) is 2. The predicted octanol–water partition coefficient (Wildman–Crippen LogP) is -0.914. The third kappa shape index (κ3) is 3.95. The fourth-order valence-corrected chi connectivity index (χ4v) is 5.05. The molecule has 1 fully saturated rings. The van der Waals surface area contributed by atoms with E-state index >= 15 is 0 Å². The van der Waals surface area contributed by atoms with Gasteiger partial charge in [0.1, 0.15) is 17.5 Å². The van der Waals surface area contributed by atoms with Crippen molar-refractivity contribution in [1.82, 2.24) is 14.2 Å². The monoisotopic (exact) mass is 450 g/mol. The number of fused-ring (bicyclic) bond motifs is 1. The first-order valence-corrected chi connectivity index (χ1v) is 10.7. The second-order valence-corrected chi connectivity index (χ2v) is 9.11. The van der Waals surface area contributed by atoms with Crippen LogP contribution in [0.15, 0.2) is 20.9 Å². The molecule has 0 radical (unpaired) electrons. The minimum Gasteiger partial charge on any atom is -0.402 e. The Kier molecular flexibility index (Phi) is 6.21. The van der Waals surface area contributed by atoms with Gasteiger partial charge in [-0.2, -0.15) is 0 Å². The number of thiophene rings is 1. The van der Waals surface area contributed by atoms with Crippen LogP contribution in [0.1, 0.15) is 49.0 Å². The molecule has 1 amide bonds. The van der Waals surface area contributed by atoms with Crippen LogP contribution in [0.5, 0.6) is 0 Å². The van der Waals surface area contributed by atoms with Gasteiger partial charge >= 0.3 is 5.69 Å². The van der Waals surface area contributed by atoms with Gasteiger partial charge in [-0.3, -0.25) is 29.0 Å². The van der Waals surface area contributed by atoms with E-state index in [1.165, 1.54) is 23.0 Å². The van der Waals surface area contributed by atoms with E-state index in [1.54, 1.807) is 13.8 Å². The molecule has 1 aliphatic rings. The summed E-state index contributed by atoms with van der Waals surface area (Å²) in [5.41, 5.74) is 6.78. The number of rotatable bonds is 5. The van der Waals surface area contributed by atoms with Crippen molar-refractivity contribution >= 4 is 33.2 Å². The topological polar surface area (TPSA) is 145 Å². The van der Waals surface area contributed by atoms with E-state index in [2.05, 4.69) is 0 Å². The second kappa shape index (κ2) is 8.40. The zero-order valence-corrected chi connectivity index (χ0v) is 19.1. The molecule has 1 saturated heterocycles. The van der Waals surface area contributed by atoms with Crippen LogP contribution in [0, 0.1) is 0 Å². The molecule has 31 heavy (non-hydrogen) atoms. The Balaban J connectivity index is 2.38. The number of allylic oxidation sites excluding steroid dienone is 2. The third-order valence-corrected chi connectivity index (χ3v) is 6.43. The van der Waals surface area contributed by atoms with Gasteiger partial charge in [0.05, 0.1) is 17.5 Å². The van der Waals surface area contributed by atoms with Crippen molar-refractivity contribution in [3.8, 4) is 0 Å². The number of hydrogen-bond acceptors (Lipinski definition) is 7. The fourth-order valence-electron chi connectivity index (χ4n) is 3.63. The van der Waals surface area contributed by atoms with Crippen molar-refractivity contribution in [3.63, 3.8) is 0 Å². The lowest BCUT2D eigenvalue weighted by molar-refractivity contribution is -0.113. The van der Waals surface area contributed by atoms with Crippen LogP contribution in [-0.4, -0.2) is 50.2 Å². The number of aliphatic hydroxyl groups excluding tert-OH is 1. The molecular formula is C20H28N5O5S+. The molecule has 168 valence electrons. The Morgan fingerprint density at radius 3 is 2.48 bits per heavy atom. The van der Waals surface area contributed by atoms with Gasteiger partial charge in [-0.15, -0.1) is 11.3 Å². The van der Waals surface area contributed by atoms with Crippen LogP contribution in [0.25, 0.3) is 10.2 Å². The molecule has 0 bridgehead atoms. The first-order chi connectivity index (χ1) is 14.5. The largest absolute Gasteiger partial charge is 0.402 e. The number of aromatic nitrogens is 2. The van der Waals surface area contributed by atoms with Crippen molar-refractivity contribution < 1.29 is 20.1 Å². The molecule has 5 N–H and O–H groups in total. The number of amides is 1. The smallest absolute Gasteiger partial charge is 0.332 e.